The number of hydrogen-bond donors (Lipinski definition) is 1. The first kappa shape index (κ1) is 11.4. The number of pyridine rings is 1. The van der Waals surface area contributed by atoms with Crippen LogP contribution in [0.2, 0.25) is 0 Å². The Balaban J connectivity index is 2.22. The van der Waals surface area contributed by atoms with Crippen molar-refractivity contribution in [3.05, 3.63) is 42.7 Å². The minimum atomic E-state index is 0.308. The molecule has 5 heteroatoms. The molecule has 0 aliphatic rings. The molecule has 2 N–H and O–H groups in total. The second-order valence-electron chi connectivity index (χ2n) is 4.03. The molecule has 0 saturated carbocycles. The van der Waals surface area contributed by atoms with E-state index in [9.17, 15) is 0 Å². The van der Waals surface area contributed by atoms with Gasteiger partial charge < -0.3 is 10.5 Å². The van der Waals surface area contributed by atoms with Gasteiger partial charge in [0.2, 0.25) is 0 Å². The lowest BCUT2D eigenvalue weighted by Crippen LogP contribution is -2.00. The molecule has 0 atom stereocenters. The number of methoxy groups -OCH3 is 1. The van der Waals surface area contributed by atoms with Gasteiger partial charge >= 0.3 is 0 Å². The second kappa shape index (κ2) is 4.53. The van der Waals surface area contributed by atoms with Crippen LogP contribution in [-0.4, -0.2) is 22.1 Å². The summed E-state index contributed by atoms with van der Waals surface area (Å²) in [6.07, 6.45) is 1.41. The smallest absolute Gasteiger partial charge is 0.189 e. The minimum absolute atomic E-state index is 0.308. The molecule has 3 rings (SSSR count). The summed E-state index contributed by atoms with van der Waals surface area (Å²) in [5, 5.41) is 1.08. The summed E-state index contributed by atoms with van der Waals surface area (Å²) in [5.74, 6) is 0.757. The maximum atomic E-state index is 5.78. The number of rotatable bonds is 2. The van der Waals surface area contributed by atoms with Gasteiger partial charge in [-0.25, -0.2) is 15.0 Å². The van der Waals surface area contributed by atoms with Gasteiger partial charge in [0, 0.05) is 5.39 Å². The average Bonchev–Trinajstić information content (AvgIpc) is 2.46. The maximum Gasteiger partial charge on any atom is 0.189 e. The third kappa shape index (κ3) is 1.95. The van der Waals surface area contributed by atoms with E-state index in [4.69, 9.17) is 10.5 Å². The van der Waals surface area contributed by atoms with Crippen LogP contribution in [0.25, 0.3) is 22.3 Å². The highest BCUT2D eigenvalue weighted by molar-refractivity contribution is 5.82. The Kier molecular flexibility index (Phi) is 2.72. The zero-order valence-corrected chi connectivity index (χ0v) is 10.4. The predicted octanol–water partition coefficient (Wildman–Crippen LogP) is 2.28. The van der Waals surface area contributed by atoms with Crippen LogP contribution in [0.15, 0.2) is 42.7 Å². The van der Waals surface area contributed by atoms with Crippen LogP contribution in [-0.2, 0) is 0 Å². The maximum absolute atomic E-state index is 5.78. The highest BCUT2D eigenvalue weighted by Crippen LogP contribution is 2.30. The van der Waals surface area contributed by atoms with Gasteiger partial charge in [-0.2, -0.15) is 0 Å². The second-order valence-corrected chi connectivity index (χ2v) is 4.03. The van der Waals surface area contributed by atoms with Gasteiger partial charge in [-0.3, -0.25) is 0 Å². The molecule has 0 fully saturated rings. The number of ether oxygens (including phenoxy) is 1. The molecule has 0 radical (unpaired) electrons. The molecule has 5 nitrogen and oxygen atoms in total. The van der Waals surface area contributed by atoms with Crippen molar-refractivity contribution in [2.24, 2.45) is 0 Å². The topological polar surface area (TPSA) is 73.9 Å². The van der Waals surface area contributed by atoms with Crippen molar-refractivity contribution >= 4 is 16.7 Å². The molecule has 1 aromatic carbocycles. The summed E-state index contributed by atoms with van der Waals surface area (Å²) in [4.78, 5) is 12.7. The van der Waals surface area contributed by atoms with Crippen LogP contribution in [0.3, 0.4) is 0 Å². The third-order valence-electron chi connectivity index (χ3n) is 2.88. The number of nitrogens with zero attached hydrogens (tertiary/aromatic N) is 3. The monoisotopic (exact) mass is 252 g/mol. The molecular formula is C14H12N4O. The number of nitrogen functional groups attached to an aromatic ring is 1. The molecule has 0 aliphatic heterocycles. The van der Waals surface area contributed by atoms with E-state index >= 15 is 0 Å². The summed E-state index contributed by atoms with van der Waals surface area (Å²) < 4.78 is 5.25. The molecule has 94 valence electrons. The van der Waals surface area contributed by atoms with E-state index in [1.54, 1.807) is 7.11 Å². The standard InChI is InChI=1S/C14H12N4O/c1-19-13-12(16-8-17-14(13)15)11-7-6-9-4-2-3-5-10(9)18-11/h2-8H,1H3,(H2,15,16,17). The van der Waals surface area contributed by atoms with Crippen LogP contribution in [0, 0.1) is 0 Å². The summed E-state index contributed by atoms with van der Waals surface area (Å²) >= 11 is 0. The first-order valence-corrected chi connectivity index (χ1v) is 5.80. The number of benzene rings is 1. The number of nitrogens with two attached hydrogens (primary N) is 1. The van der Waals surface area contributed by atoms with E-state index in [1.807, 2.05) is 36.4 Å². The number of anilines is 1. The highest BCUT2D eigenvalue weighted by atomic mass is 16.5. The highest BCUT2D eigenvalue weighted by Gasteiger charge is 2.13. The molecule has 2 heterocycles. The lowest BCUT2D eigenvalue weighted by molar-refractivity contribution is 0.415. The zero-order valence-electron chi connectivity index (χ0n) is 10.4. The number of aromatic nitrogens is 3. The van der Waals surface area contributed by atoms with Crippen LogP contribution in [0.5, 0.6) is 5.75 Å². The first-order valence-electron chi connectivity index (χ1n) is 5.80. The SMILES string of the molecule is COc1c(N)ncnc1-c1ccc2ccccc2n1. The van der Waals surface area contributed by atoms with Gasteiger partial charge in [-0.05, 0) is 12.1 Å². The van der Waals surface area contributed by atoms with Crippen LogP contribution in [0.4, 0.5) is 5.82 Å². The molecule has 0 spiro atoms. The Morgan fingerprint density at radius 1 is 1.05 bits per heavy atom. The minimum Gasteiger partial charge on any atom is -0.491 e. The van der Waals surface area contributed by atoms with Gasteiger partial charge in [0.15, 0.2) is 11.6 Å². The van der Waals surface area contributed by atoms with Gasteiger partial charge in [-0.1, -0.05) is 24.3 Å². The lowest BCUT2D eigenvalue weighted by Gasteiger charge is -2.08. The summed E-state index contributed by atoms with van der Waals surface area (Å²) in [5.41, 5.74) is 7.99. The number of para-hydroxylation sites is 1. The molecule has 0 amide bonds. The predicted molar refractivity (Wildman–Crippen MR) is 73.7 cm³/mol. The molecule has 0 aliphatic carbocycles. The van der Waals surface area contributed by atoms with Crippen molar-refractivity contribution in [3.8, 4) is 17.1 Å². The van der Waals surface area contributed by atoms with E-state index in [1.165, 1.54) is 6.33 Å². The molecule has 0 saturated heterocycles. The van der Waals surface area contributed by atoms with E-state index in [2.05, 4.69) is 15.0 Å². The van der Waals surface area contributed by atoms with Gasteiger partial charge in [0.05, 0.1) is 18.3 Å². The van der Waals surface area contributed by atoms with Crippen molar-refractivity contribution in [3.63, 3.8) is 0 Å². The summed E-state index contributed by atoms with van der Waals surface area (Å²) in [7, 11) is 1.54. The molecule has 0 bridgehead atoms. The normalized spacial score (nSPS) is 10.6. The van der Waals surface area contributed by atoms with Crippen molar-refractivity contribution in [2.45, 2.75) is 0 Å². The van der Waals surface area contributed by atoms with Crippen molar-refractivity contribution in [1.82, 2.24) is 15.0 Å². The first-order chi connectivity index (χ1) is 9.29. The largest absolute Gasteiger partial charge is 0.491 e. The van der Waals surface area contributed by atoms with Gasteiger partial charge in [0.25, 0.3) is 0 Å². The van der Waals surface area contributed by atoms with E-state index in [0.29, 0.717) is 23.0 Å². The van der Waals surface area contributed by atoms with Crippen LogP contribution < -0.4 is 10.5 Å². The fourth-order valence-corrected chi connectivity index (χ4v) is 1.97. The van der Waals surface area contributed by atoms with Crippen molar-refractivity contribution < 1.29 is 4.74 Å². The van der Waals surface area contributed by atoms with Crippen molar-refractivity contribution in [2.75, 3.05) is 12.8 Å². The lowest BCUT2D eigenvalue weighted by atomic mass is 10.1. The van der Waals surface area contributed by atoms with E-state index in [0.717, 1.165) is 10.9 Å². The van der Waals surface area contributed by atoms with Crippen LogP contribution in [0.1, 0.15) is 0 Å². The molecule has 0 unspecified atom stereocenters. The van der Waals surface area contributed by atoms with Gasteiger partial charge in [-0.15, -0.1) is 0 Å². The zero-order chi connectivity index (χ0) is 13.2. The molecule has 2 aromatic heterocycles. The number of hydrogen-bond acceptors (Lipinski definition) is 5. The number of fused-ring (bicyclic) bond motifs is 1. The fourth-order valence-electron chi connectivity index (χ4n) is 1.97. The van der Waals surface area contributed by atoms with E-state index in [-0.39, 0.29) is 0 Å². The van der Waals surface area contributed by atoms with E-state index < -0.39 is 0 Å². The fraction of sp³-hybridized carbons (Fsp3) is 0.0714. The third-order valence-corrected chi connectivity index (χ3v) is 2.88. The molecular weight excluding hydrogens is 240 g/mol. The molecule has 3 aromatic rings. The summed E-state index contributed by atoms with van der Waals surface area (Å²) in [6, 6.07) is 11.8. The Hall–Kier alpha value is -2.69. The van der Waals surface area contributed by atoms with Crippen LogP contribution >= 0.6 is 0 Å². The summed E-state index contributed by atoms with van der Waals surface area (Å²) in [6.45, 7) is 0. The Morgan fingerprint density at radius 3 is 2.74 bits per heavy atom. The Bertz CT molecular complexity index is 742. The Labute approximate surface area is 110 Å². The molecule has 19 heavy (non-hydrogen) atoms. The average molecular weight is 252 g/mol. The van der Waals surface area contributed by atoms with Gasteiger partial charge in [0.1, 0.15) is 12.0 Å². The van der Waals surface area contributed by atoms with Crippen molar-refractivity contribution in [1.29, 1.82) is 0 Å². The Morgan fingerprint density at radius 2 is 1.89 bits per heavy atom. The quantitative estimate of drug-likeness (QED) is 0.757.